The third-order valence-electron chi connectivity index (χ3n) is 6.34. The maximum Gasteiger partial charge on any atom is 0.243 e. The molecule has 0 aromatic heterocycles. The predicted molar refractivity (Wildman–Crippen MR) is 150 cm³/mol. The summed E-state index contributed by atoms with van der Waals surface area (Å²) in [4.78, 5) is 28.9. The van der Waals surface area contributed by atoms with Crippen LogP contribution in [0.5, 0.6) is 0 Å². The number of amides is 2. The van der Waals surface area contributed by atoms with Gasteiger partial charge in [-0.2, -0.15) is 4.31 Å². The highest BCUT2D eigenvalue weighted by atomic mass is 32.2. The highest BCUT2D eigenvalue weighted by Crippen LogP contribution is 2.19. The van der Waals surface area contributed by atoms with Crippen LogP contribution in [0.15, 0.2) is 83.8 Å². The second-order valence-corrected chi connectivity index (χ2v) is 11.6. The average Bonchev–Trinajstić information content (AvgIpc) is 2.90. The number of nitrogens with one attached hydrogen (secondary N) is 1. The Kier molecular flexibility index (Phi) is 10.2. The van der Waals surface area contributed by atoms with Crippen molar-refractivity contribution in [2.45, 2.75) is 51.1 Å². The smallest absolute Gasteiger partial charge is 0.243 e. The van der Waals surface area contributed by atoms with Crippen LogP contribution in [0.25, 0.3) is 0 Å². The van der Waals surface area contributed by atoms with Crippen molar-refractivity contribution in [2.75, 3.05) is 20.1 Å². The second-order valence-electron chi connectivity index (χ2n) is 9.58. The van der Waals surface area contributed by atoms with Gasteiger partial charge in [-0.15, -0.1) is 0 Å². The van der Waals surface area contributed by atoms with Gasteiger partial charge in [0.15, 0.2) is 0 Å². The summed E-state index contributed by atoms with van der Waals surface area (Å²) in [7, 11) is -2.51. The van der Waals surface area contributed by atoms with Gasteiger partial charge in [0.1, 0.15) is 6.04 Å². The zero-order valence-corrected chi connectivity index (χ0v) is 23.4. The van der Waals surface area contributed by atoms with Crippen LogP contribution in [0.2, 0.25) is 0 Å². The summed E-state index contributed by atoms with van der Waals surface area (Å²) in [6.45, 7) is 6.08. The molecular formula is C30H37N3O4S. The molecule has 7 nitrogen and oxygen atoms in total. The van der Waals surface area contributed by atoms with Crippen molar-refractivity contribution in [3.8, 4) is 0 Å². The van der Waals surface area contributed by atoms with Crippen molar-refractivity contribution in [2.24, 2.45) is 0 Å². The molecule has 0 saturated heterocycles. The molecule has 3 aromatic carbocycles. The lowest BCUT2D eigenvalue weighted by molar-refractivity contribution is -0.141. The molecule has 3 rings (SSSR count). The SMILES string of the molecule is CCCNC(=O)[C@H](Cc1ccccc1)N(Cc1cccc(C)c1)C(=O)CN(C)S(=O)(=O)c1ccc(C)cc1. The molecule has 0 unspecified atom stereocenters. The van der Waals surface area contributed by atoms with Gasteiger partial charge in [-0.3, -0.25) is 9.59 Å². The van der Waals surface area contributed by atoms with Crippen LogP contribution < -0.4 is 5.32 Å². The van der Waals surface area contributed by atoms with Crippen LogP contribution in [0, 0.1) is 13.8 Å². The van der Waals surface area contributed by atoms with Crippen molar-refractivity contribution in [1.29, 1.82) is 0 Å². The topological polar surface area (TPSA) is 86.8 Å². The molecule has 1 atom stereocenters. The Morgan fingerprint density at radius 3 is 2.16 bits per heavy atom. The molecule has 2 amide bonds. The number of carbonyl (C=O) groups is 2. The molecule has 0 saturated carbocycles. The summed E-state index contributed by atoms with van der Waals surface area (Å²) in [5, 5.41) is 2.94. The lowest BCUT2D eigenvalue weighted by Crippen LogP contribution is -2.53. The molecule has 0 bridgehead atoms. The summed E-state index contributed by atoms with van der Waals surface area (Å²) >= 11 is 0. The van der Waals surface area contributed by atoms with E-state index in [1.54, 1.807) is 12.1 Å². The van der Waals surface area contributed by atoms with E-state index >= 15 is 0 Å². The molecule has 1 N–H and O–H groups in total. The van der Waals surface area contributed by atoms with Crippen molar-refractivity contribution in [3.05, 3.63) is 101 Å². The number of hydrogen-bond donors (Lipinski definition) is 1. The molecule has 0 spiro atoms. The Balaban J connectivity index is 1.96. The van der Waals surface area contributed by atoms with Gasteiger partial charge in [0.05, 0.1) is 11.4 Å². The van der Waals surface area contributed by atoms with Crippen LogP contribution >= 0.6 is 0 Å². The number of hydrogen-bond acceptors (Lipinski definition) is 4. The monoisotopic (exact) mass is 535 g/mol. The number of sulfonamides is 1. The maximum absolute atomic E-state index is 13.8. The fourth-order valence-corrected chi connectivity index (χ4v) is 5.30. The summed E-state index contributed by atoms with van der Waals surface area (Å²) in [5.74, 6) is -0.710. The predicted octanol–water partition coefficient (Wildman–Crippen LogP) is 4.09. The van der Waals surface area contributed by atoms with Gasteiger partial charge in [0, 0.05) is 26.6 Å². The first-order valence-electron chi connectivity index (χ1n) is 12.8. The Morgan fingerprint density at radius 1 is 0.868 bits per heavy atom. The third kappa shape index (κ3) is 7.76. The highest BCUT2D eigenvalue weighted by molar-refractivity contribution is 7.89. The number of rotatable bonds is 12. The number of benzene rings is 3. The van der Waals surface area contributed by atoms with E-state index in [1.807, 2.05) is 75.4 Å². The Morgan fingerprint density at radius 2 is 1.53 bits per heavy atom. The van der Waals surface area contributed by atoms with E-state index in [9.17, 15) is 18.0 Å². The largest absolute Gasteiger partial charge is 0.354 e. The van der Waals surface area contributed by atoms with Gasteiger partial charge < -0.3 is 10.2 Å². The van der Waals surface area contributed by atoms with Gasteiger partial charge >= 0.3 is 0 Å². The molecular weight excluding hydrogens is 498 g/mol. The van der Waals surface area contributed by atoms with Gasteiger partial charge in [-0.05, 0) is 43.5 Å². The van der Waals surface area contributed by atoms with Crippen LogP contribution in [-0.4, -0.2) is 55.6 Å². The van der Waals surface area contributed by atoms with Crippen LogP contribution in [0.4, 0.5) is 0 Å². The van der Waals surface area contributed by atoms with Crippen LogP contribution in [0.1, 0.15) is 35.6 Å². The van der Waals surface area contributed by atoms with Gasteiger partial charge in [0.25, 0.3) is 0 Å². The molecule has 38 heavy (non-hydrogen) atoms. The molecule has 3 aromatic rings. The second kappa shape index (κ2) is 13.3. The molecule has 0 aliphatic heterocycles. The minimum atomic E-state index is -3.90. The molecule has 202 valence electrons. The molecule has 0 heterocycles. The first kappa shape index (κ1) is 29.1. The van der Waals surface area contributed by atoms with Crippen molar-refractivity contribution in [3.63, 3.8) is 0 Å². The average molecular weight is 536 g/mol. The number of nitrogens with zero attached hydrogens (tertiary/aromatic N) is 2. The van der Waals surface area contributed by atoms with E-state index in [4.69, 9.17) is 0 Å². The molecule has 0 aliphatic rings. The minimum Gasteiger partial charge on any atom is -0.354 e. The van der Waals surface area contributed by atoms with Gasteiger partial charge in [0.2, 0.25) is 21.8 Å². The van der Waals surface area contributed by atoms with Crippen molar-refractivity contribution in [1.82, 2.24) is 14.5 Å². The van der Waals surface area contributed by atoms with E-state index < -0.39 is 28.5 Å². The first-order valence-corrected chi connectivity index (χ1v) is 14.3. The quantitative estimate of drug-likeness (QED) is 0.379. The van der Waals surface area contributed by atoms with Gasteiger partial charge in [-0.1, -0.05) is 84.8 Å². The molecule has 0 radical (unpaired) electrons. The summed E-state index contributed by atoms with van der Waals surface area (Å²) < 4.78 is 27.5. The Hall–Kier alpha value is -3.49. The summed E-state index contributed by atoms with van der Waals surface area (Å²) in [5.41, 5.74) is 3.74. The Labute approximate surface area is 226 Å². The fraction of sp³-hybridized carbons (Fsp3) is 0.333. The fourth-order valence-electron chi connectivity index (χ4n) is 4.18. The van der Waals surface area contributed by atoms with Crippen molar-refractivity contribution >= 4 is 21.8 Å². The van der Waals surface area contributed by atoms with E-state index in [-0.39, 0.29) is 17.3 Å². The zero-order valence-electron chi connectivity index (χ0n) is 22.6. The molecule has 0 fully saturated rings. The third-order valence-corrected chi connectivity index (χ3v) is 8.16. The highest BCUT2D eigenvalue weighted by Gasteiger charge is 2.33. The van der Waals surface area contributed by atoms with E-state index in [1.165, 1.54) is 24.1 Å². The number of aryl methyl sites for hydroxylation is 2. The van der Waals surface area contributed by atoms with E-state index in [0.717, 1.165) is 33.0 Å². The number of likely N-dealkylation sites (N-methyl/N-ethyl adjacent to an activating group) is 1. The van der Waals surface area contributed by atoms with Crippen LogP contribution in [0.3, 0.4) is 0 Å². The minimum absolute atomic E-state index is 0.116. The zero-order chi connectivity index (χ0) is 27.7. The lowest BCUT2D eigenvalue weighted by atomic mass is 10.0. The van der Waals surface area contributed by atoms with Crippen LogP contribution in [-0.2, 0) is 32.6 Å². The van der Waals surface area contributed by atoms with E-state index in [0.29, 0.717) is 13.0 Å². The standard InChI is InChI=1S/C30H37N3O4S/c1-5-18-31-30(35)28(20-25-11-7-6-8-12-25)33(21-26-13-9-10-24(3)19-26)29(34)22-32(4)38(36,37)27-16-14-23(2)15-17-27/h6-17,19,28H,5,18,20-22H2,1-4H3,(H,31,35)/t28-/m0/s1. The summed E-state index contributed by atoms with van der Waals surface area (Å²) in [6.07, 6.45) is 1.07. The summed E-state index contributed by atoms with van der Waals surface area (Å²) in [6, 6.07) is 23.0. The molecule has 8 heteroatoms. The van der Waals surface area contributed by atoms with Gasteiger partial charge in [-0.25, -0.2) is 8.42 Å². The maximum atomic E-state index is 13.8. The van der Waals surface area contributed by atoms with Crippen molar-refractivity contribution < 1.29 is 18.0 Å². The number of carbonyl (C=O) groups excluding carboxylic acids is 2. The lowest BCUT2D eigenvalue weighted by Gasteiger charge is -2.32. The van der Waals surface area contributed by atoms with E-state index in [2.05, 4.69) is 5.32 Å². The molecule has 0 aliphatic carbocycles. The Bertz CT molecular complexity index is 1330. The first-order chi connectivity index (χ1) is 18.1. The normalized spacial score (nSPS) is 12.2.